The van der Waals surface area contributed by atoms with Gasteiger partial charge in [0.15, 0.2) is 0 Å². The first kappa shape index (κ1) is 19.2. The van der Waals surface area contributed by atoms with E-state index >= 15 is 0 Å². The fraction of sp³-hybridized carbons (Fsp3) is 0.0870. The SMILES string of the molecule is Cc1ccccc1NC(=O)c1ccc(CC=Cc2ccc(Cl)c(Cl)c2)cc1. The number of allylic oxidation sites excluding steroid dienone is 1. The number of nitrogens with one attached hydrogen (secondary N) is 1. The molecule has 2 nitrogen and oxygen atoms in total. The number of hydrogen-bond donors (Lipinski definition) is 1. The van der Waals surface area contributed by atoms with Crippen molar-refractivity contribution >= 4 is 40.9 Å². The van der Waals surface area contributed by atoms with Gasteiger partial charge in [-0.05, 0) is 60.4 Å². The van der Waals surface area contributed by atoms with E-state index in [1.807, 2.05) is 73.7 Å². The van der Waals surface area contributed by atoms with E-state index in [9.17, 15) is 4.79 Å². The first-order valence-electron chi connectivity index (χ1n) is 8.60. The van der Waals surface area contributed by atoms with Crippen LogP contribution in [0.4, 0.5) is 5.69 Å². The molecule has 27 heavy (non-hydrogen) atoms. The maximum atomic E-state index is 12.4. The Labute approximate surface area is 169 Å². The molecule has 1 amide bonds. The van der Waals surface area contributed by atoms with Crippen LogP contribution in [0.25, 0.3) is 6.08 Å². The molecule has 0 unspecified atom stereocenters. The summed E-state index contributed by atoms with van der Waals surface area (Å²) in [6, 6.07) is 20.9. The second-order valence-electron chi connectivity index (χ2n) is 6.25. The summed E-state index contributed by atoms with van der Waals surface area (Å²) in [6.07, 6.45) is 4.82. The van der Waals surface area contributed by atoms with Gasteiger partial charge >= 0.3 is 0 Å². The van der Waals surface area contributed by atoms with Crippen LogP contribution in [0.15, 0.2) is 72.8 Å². The third-order valence-corrected chi connectivity index (χ3v) is 4.96. The summed E-state index contributed by atoms with van der Waals surface area (Å²) in [5.41, 5.74) is 4.62. The predicted octanol–water partition coefficient (Wildman–Crippen LogP) is 6.81. The minimum Gasteiger partial charge on any atom is -0.322 e. The number of hydrogen-bond acceptors (Lipinski definition) is 1. The maximum Gasteiger partial charge on any atom is 0.255 e. The molecule has 0 aliphatic rings. The molecule has 3 rings (SSSR count). The first-order chi connectivity index (χ1) is 13.0. The lowest BCUT2D eigenvalue weighted by Gasteiger charge is -2.08. The molecular formula is C23H19Cl2NO. The van der Waals surface area contributed by atoms with Crippen LogP contribution in [-0.2, 0) is 6.42 Å². The summed E-state index contributed by atoms with van der Waals surface area (Å²) in [5.74, 6) is -0.109. The molecule has 0 fully saturated rings. The second kappa shape index (κ2) is 8.90. The minimum atomic E-state index is -0.109. The van der Waals surface area contributed by atoms with Gasteiger partial charge in [0, 0.05) is 11.3 Å². The van der Waals surface area contributed by atoms with E-state index in [0.29, 0.717) is 15.6 Å². The van der Waals surface area contributed by atoms with Gasteiger partial charge in [-0.3, -0.25) is 4.79 Å². The van der Waals surface area contributed by atoms with Gasteiger partial charge in [-0.15, -0.1) is 0 Å². The molecule has 0 bridgehead atoms. The fourth-order valence-electron chi connectivity index (χ4n) is 2.65. The van der Waals surface area contributed by atoms with Crippen molar-refractivity contribution in [1.29, 1.82) is 0 Å². The molecule has 3 aromatic rings. The zero-order chi connectivity index (χ0) is 19.2. The number of halogens is 2. The molecule has 0 saturated carbocycles. The Hall–Kier alpha value is -2.55. The standard InChI is InChI=1S/C23H19Cl2NO/c1-16-5-2-3-8-22(16)26-23(27)19-12-9-17(10-13-19)6-4-7-18-11-14-20(24)21(25)15-18/h2-5,7-15H,6H2,1H3,(H,26,27). The van der Waals surface area contributed by atoms with Gasteiger partial charge in [-0.1, -0.05) is 71.8 Å². The highest BCUT2D eigenvalue weighted by atomic mass is 35.5. The summed E-state index contributed by atoms with van der Waals surface area (Å²) in [5, 5.41) is 4.04. The van der Waals surface area contributed by atoms with E-state index in [4.69, 9.17) is 23.2 Å². The van der Waals surface area contributed by atoms with Crippen LogP contribution in [0, 0.1) is 6.92 Å². The smallest absolute Gasteiger partial charge is 0.255 e. The molecule has 136 valence electrons. The topological polar surface area (TPSA) is 29.1 Å². The summed E-state index contributed by atoms with van der Waals surface area (Å²) in [6.45, 7) is 1.97. The van der Waals surface area contributed by atoms with Crippen molar-refractivity contribution in [1.82, 2.24) is 0 Å². The molecule has 0 aliphatic carbocycles. The molecule has 0 spiro atoms. The van der Waals surface area contributed by atoms with Crippen molar-refractivity contribution < 1.29 is 4.79 Å². The van der Waals surface area contributed by atoms with Crippen molar-refractivity contribution in [2.45, 2.75) is 13.3 Å². The lowest BCUT2D eigenvalue weighted by molar-refractivity contribution is 0.102. The van der Waals surface area contributed by atoms with E-state index < -0.39 is 0 Å². The van der Waals surface area contributed by atoms with Crippen molar-refractivity contribution in [3.8, 4) is 0 Å². The number of carbonyl (C=O) groups excluding carboxylic acids is 1. The van der Waals surface area contributed by atoms with E-state index in [0.717, 1.165) is 28.8 Å². The predicted molar refractivity (Wildman–Crippen MR) is 115 cm³/mol. The monoisotopic (exact) mass is 395 g/mol. The molecule has 0 radical (unpaired) electrons. The third kappa shape index (κ3) is 5.22. The third-order valence-electron chi connectivity index (χ3n) is 4.22. The normalized spacial score (nSPS) is 10.9. The first-order valence-corrected chi connectivity index (χ1v) is 9.36. The number of para-hydroxylation sites is 1. The zero-order valence-corrected chi connectivity index (χ0v) is 16.4. The molecule has 0 aliphatic heterocycles. The fourth-order valence-corrected chi connectivity index (χ4v) is 2.95. The summed E-state index contributed by atoms with van der Waals surface area (Å²) in [7, 11) is 0. The van der Waals surface area contributed by atoms with Crippen LogP contribution in [-0.4, -0.2) is 5.91 Å². The van der Waals surface area contributed by atoms with Crippen LogP contribution < -0.4 is 5.32 Å². The van der Waals surface area contributed by atoms with Crippen molar-refractivity contribution in [3.05, 3.63) is 105 Å². The van der Waals surface area contributed by atoms with Crippen molar-refractivity contribution in [2.24, 2.45) is 0 Å². The van der Waals surface area contributed by atoms with Gasteiger partial charge in [0.2, 0.25) is 0 Å². The van der Waals surface area contributed by atoms with Crippen LogP contribution >= 0.6 is 23.2 Å². The Morgan fingerprint density at radius 2 is 1.70 bits per heavy atom. The Kier molecular flexibility index (Phi) is 6.33. The lowest BCUT2D eigenvalue weighted by atomic mass is 10.1. The van der Waals surface area contributed by atoms with Gasteiger partial charge < -0.3 is 5.32 Å². The van der Waals surface area contributed by atoms with Crippen LogP contribution in [0.2, 0.25) is 10.0 Å². The average molecular weight is 396 g/mol. The molecular weight excluding hydrogens is 377 g/mol. The van der Waals surface area contributed by atoms with Gasteiger partial charge in [-0.25, -0.2) is 0 Å². The number of amides is 1. The number of carbonyl (C=O) groups is 1. The average Bonchev–Trinajstić information content (AvgIpc) is 2.67. The van der Waals surface area contributed by atoms with Gasteiger partial charge in [0.25, 0.3) is 5.91 Å². The number of rotatable bonds is 5. The van der Waals surface area contributed by atoms with Crippen LogP contribution in [0.3, 0.4) is 0 Å². The Bertz CT molecular complexity index is 978. The number of anilines is 1. The highest BCUT2D eigenvalue weighted by Gasteiger charge is 2.07. The highest BCUT2D eigenvalue weighted by Crippen LogP contribution is 2.23. The van der Waals surface area contributed by atoms with Crippen LogP contribution in [0.1, 0.15) is 27.0 Å². The summed E-state index contributed by atoms with van der Waals surface area (Å²) in [4.78, 5) is 12.4. The molecule has 0 aromatic heterocycles. The van der Waals surface area contributed by atoms with E-state index in [-0.39, 0.29) is 5.91 Å². The molecule has 0 saturated heterocycles. The quantitative estimate of drug-likeness (QED) is 0.504. The van der Waals surface area contributed by atoms with Gasteiger partial charge in [0.05, 0.1) is 10.0 Å². The number of aryl methyl sites for hydroxylation is 1. The van der Waals surface area contributed by atoms with Gasteiger partial charge in [0.1, 0.15) is 0 Å². The maximum absolute atomic E-state index is 12.4. The molecule has 3 aromatic carbocycles. The van der Waals surface area contributed by atoms with Crippen LogP contribution in [0.5, 0.6) is 0 Å². The van der Waals surface area contributed by atoms with E-state index in [1.54, 1.807) is 6.07 Å². The Morgan fingerprint density at radius 3 is 2.41 bits per heavy atom. The second-order valence-corrected chi connectivity index (χ2v) is 7.06. The van der Waals surface area contributed by atoms with Crippen molar-refractivity contribution in [3.63, 3.8) is 0 Å². The minimum absolute atomic E-state index is 0.109. The molecule has 0 atom stereocenters. The van der Waals surface area contributed by atoms with Crippen molar-refractivity contribution in [2.75, 3.05) is 5.32 Å². The van der Waals surface area contributed by atoms with E-state index in [2.05, 4.69) is 11.4 Å². The largest absolute Gasteiger partial charge is 0.322 e. The summed E-state index contributed by atoms with van der Waals surface area (Å²) >= 11 is 11.9. The van der Waals surface area contributed by atoms with Gasteiger partial charge in [-0.2, -0.15) is 0 Å². The molecule has 0 heterocycles. The zero-order valence-electron chi connectivity index (χ0n) is 14.9. The van der Waals surface area contributed by atoms with E-state index in [1.165, 1.54) is 0 Å². The molecule has 4 heteroatoms. The Morgan fingerprint density at radius 1 is 0.963 bits per heavy atom. The Balaban J connectivity index is 1.61. The lowest BCUT2D eigenvalue weighted by Crippen LogP contribution is -2.12. The highest BCUT2D eigenvalue weighted by molar-refractivity contribution is 6.42. The number of benzene rings is 3. The summed E-state index contributed by atoms with van der Waals surface area (Å²) < 4.78 is 0. The molecule has 1 N–H and O–H groups in total.